The number of urea groups is 1. The molecule has 1 rings (SSSR count). The molecule has 3 N–H and O–H groups in total. The second-order valence-electron chi connectivity index (χ2n) is 4.30. The predicted octanol–water partition coefficient (Wildman–Crippen LogP) is 0.554. The van der Waals surface area contributed by atoms with Gasteiger partial charge in [0.15, 0.2) is 0 Å². The van der Waals surface area contributed by atoms with Gasteiger partial charge in [0.1, 0.15) is 12.3 Å². The van der Waals surface area contributed by atoms with Gasteiger partial charge >= 0.3 is 12.0 Å². The quantitative estimate of drug-likeness (QED) is 0.708. The smallest absolute Gasteiger partial charge is 0.324 e. The molecule has 0 atom stereocenters. The van der Waals surface area contributed by atoms with Crippen LogP contribution < -0.4 is 10.2 Å². The second-order valence-corrected chi connectivity index (χ2v) is 4.30. The number of rotatable bonds is 6. The molecule has 1 aromatic rings. The van der Waals surface area contributed by atoms with E-state index in [1.165, 1.54) is 29.2 Å². The number of carboxylic acids is 1. The largest absolute Gasteiger partial charge is 0.508 e. The Labute approximate surface area is 117 Å². The molecular formula is C13H19N3O4. The van der Waals surface area contributed by atoms with Crippen LogP contribution in [0.15, 0.2) is 24.3 Å². The maximum Gasteiger partial charge on any atom is 0.324 e. The number of carboxylic acid groups (broad SMARTS) is 1. The number of benzene rings is 1. The minimum Gasteiger partial charge on any atom is -0.508 e. The number of carbonyl (C=O) groups excluding carboxylic acids is 1. The van der Waals surface area contributed by atoms with Crippen LogP contribution >= 0.6 is 0 Å². The van der Waals surface area contributed by atoms with E-state index >= 15 is 0 Å². The molecule has 0 heterocycles. The Morgan fingerprint density at radius 3 is 2.35 bits per heavy atom. The van der Waals surface area contributed by atoms with Gasteiger partial charge in [-0.25, -0.2) is 4.79 Å². The first kappa shape index (κ1) is 15.8. The maximum absolute atomic E-state index is 12.3. The molecule has 1 aromatic carbocycles. The molecule has 0 spiro atoms. The normalized spacial score (nSPS) is 10.1. The van der Waals surface area contributed by atoms with Crippen molar-refractivity contribution < 1.29 is 19.8 Å². The first-order valence-electron chi connectivity index (χ1n) is 6.13. The Hall–Kier alpha value is -2.28. The van der Waals surface area contributed by atoms with Crippen LogP contribution in [0.3, 0.4) is 0 Å². The van der Waals surface area contributed by atoms with Gasteiger partial charge in [-0.15, -0.1) is 0 Å². The number of hydrogen-bond acceptors (Lipinski definition) is 4. The van der Waals surface area contributed by atoms with E-state index in [0.717, 1.165) is 4.90 Å². The number of phenols is 1. The maximum atomic E-state index is 12.3. The van der Waals surface area contributed by atoms with Gasteiger partial charge in [-0.3, -0.25) is 9.69 Å². The summed E-state index contributed by atoms with van der Waals surface area (Å²) in [7, 11) is 3.38. The fourth-order valence-electron chi connectivity index (χ4n) is 1.62. The van der Waals surface area contributed by atoms with Gasteiger partial charge in [0, 0.05) is 25.8 Å². The lowest BCUT2D eigenvalue weighted by molar-refractivity contribution is -0.135. The van der Waals surface area contributed by atoms with Crippen molar-refractivity contribution in [2.75, 3.05) is 38.6 Å². The van der Waals surface area contributed by atoms with Gasteiger partial charge < -0.3 is 20.4 Å². The fourth-order valence-corrected chi connectivity index (χ4v) is 1.62. The number of anilines is 1. The monoisotopic (exact) mass is 281 g/mol. The molecule has 0 bridgehead atoms. The van der Waals surface area contributed by atoms with Crippen LogP contribution in [0.25, 0.3) is 0 Å². The molecule has 110 valence electrons. The van der Waals surface area contributed by atoms with E-state index < -0.39 is 18.5 Å². The number of nitrogens with one attached hydrogen (secondary N) is 1. The Balaban J connectivity index is 2.91. The van der Waals surface area contributed by atoms with Crippen LogP contribution in [-0.4, -0.2) is 60.8 Å². The van der Waals surface area contributed by atoms with E-state index in [1.54, 1.807) is 14.1 Å². The fraction of sp³-hybridized carbons (Fsp3) is 0.385. The zero-order valence-electron chi connectivity index (χ0n) is 11.5. The third kappa shape index (κ3) is 4.43. The highest BCUT2D eigenvalue weighted by molar-refractivity contribution is 5.96. The van der Waals surface area contributed by atoms with Gasteiger partial charge in [-0.2, -0.15) is 0 Å². The molecule has 0 aliphatic carbocycles. The molecule has 0 aliphatic rings. The highest BCUT2D eigenvalue weighted by atomic mass is 16.4. The summed E-state index contributed by atoms with van der Waals surface area (Å²) in [4.78, 5) is 25.8. The lowest BCUT2D eigenvalue weighted by Crippen LogP contribution is -2.45. The zero-order valence-corrected chi connectivity index (χ0v) is 11.5. The number of aromatic hydroxyl groups is 1. The van der Waals surface area contributed by atoms with Gasteiger partial charge in [0.2, 0.25) is 0 Å². The second kappa shape index (κ2) is 7.34. The summed E-state index contributed by atoms with van der Waals surface area (Å²) in [5, 5.41) is 21.1. The molecular weight excluding hydrogens is 262 g/mol. The summed E-state index contributed by atoms with van der Waals surface area (Å²) in [5.41, 5.74) is 0.423. The number of phenolic OH excluding ortho intramolecular Hbond substituents is 1. The summed E-state index contributed by atoms with van der Waals surface area (Å²) >= 11 is 0. The Morgan fingerprint density at radius 2 is 1.85 bits per heavy atom. The predicted molar refractivity (Wildman–Crippen MR) is 75.0 cm³/mol. The summed E-state index contributed by atoms with van der Waals surface area (Å²) in [6, 6.07) is 5.41. The summed E-state index contributed by atoms with van der Waals surface area (Å²) < 4.78 is 0. The van der Waals surface area contributed by atoms with Gasteiger partial charge in [0.05, 0.1) is 0 Å². The summed E-state index contributed by atoms with van der Waals surface area (Å²) in [5.74, 6) is -1.05. The molecule has 0 saturated carbocycles. The average molecular weight is 281 g/mol. The van der Waals surface area contributed by atoms with Crippen LogP contribution in [0.2, 0.25) is 0 Å². The number of nitrogens with zero attached hydrogens (tertiary/aromatic N) is 2. The number of aliphatic carboxylic acids is 1. The molecule has 0 radical (unpaired) electrons. The van der Waals surface area contributed by atoms with Crippen LogP contribution in [0.1, 0.15) is 0 Å². The first-order valence-corrected chi connectivity index (χ1v) is 6.13. The van der Waals surface area contributed by atoms with Gasteiger partial charge in [-0.05, 0) is 31.3 Å². The highest BCUT2D eigenvalue weighted by Gasteiger charge is 2.21. The third-order valence-corrected chi connectivity index (χ3v) is 2.71. The van der Waals surface area contributed by atoms with Crippen molar-refractivity contribution in [2.24, 2.45) is 0 Å². The highest BCUT2D eigenvalue weighted by Crippen LogP contribution is 2.19. The van der Waals surface area contributed by atoms with Crippen LogP contribution in [0.5, 0.6) is 5.75 Å². The van der Waals surface area contributed by atoms with Crippen molar-refractivity contribution in [1.29, 1.82) is 0 Å². The number of carbonyl (C=O) groups is 2. The number of likely N-dealkylation sites (N-methyl/N-ethyl adjacent to an activating group) is 2. The molecule has 7 heteroatoms. The van der Waals surface area contributed by atoms with Gasteiger partial charge in [0.25, 0.3) is 0 Å². The van der Waals surface area contributed by atoms with Crippen LogP contribution in [0.4, 0.5) is 10.5 Å². The Kier molecular flexibility index (Phi) is 5.79. The van der Waals surface area contributed by atoms with E-state index in [-0.39, 0.29) is 5.75 Å². The molecule has 0 fully saturated rings. The lowest BCUT2D eigenvalue weighted by Gasteiger charge is -2.27. The first-order chi connectivity index (χ1) is 9.45. The van der Waals surface area contributed by atoms with E-state index in [1.807, 2.05) is 0 Å². The van der Waals surface area contributed by atoms with Crippen molar-refractivity contribution in [3.63, 3.8) is 0 Å². The van der Waals surface area contributed by atoms with Crippen molar-refractivity contribution in [3.05, 3.63) is 24.3 Å². The van der Waals surface area contributed by atoms with Crippen molar-refractivity contribution in [1.82, 2.24) is 10.2 Å². The molecule has 0 aliphatic heterocycles. The molecule has 20 heavy (non-hydrogen) atoms. The molecule has 0 aromatic heterocycles. The van der Waals surface area contributed by atoms with Crippen molar-refractivity contribution >= 4 is 17.7 Å². The zero-order chi connectivity index (χ0) is 15.1. The summed E-state index contributed by atoms with van der Waals surface area (Å²) in [6.45, 7) is 0.635. The Morgan fingerprint density at radius 1 is 1.25 bits per heavy atom. The average Bonchev–Trinajstić information content (AvgIpc) is 2.42. The Bertz CT molecular complexity index is 461. The molecule has 0 saturated heterocycles. The standard InChI is InChI=1S/C13H19N3O4/c1-14-7-8-15(2)13(20)16(9-12(18)19)10-3-5-11(17)6-4-10/h3-6,14,17H,7-9H2,1-2H3,(H,18,19). The topological polar surface area (TPSA) is 93.1 Å². The molecule has 2 amide bonds. The summed E-state index contributed by atoms with van der Waals surface area (Å²) in [6.07, 6.45) is 0. The molecule has 7 nitrogen and oxygen atoms in total. The van der Waals surface area contributed by atoms with E-state index in [4.69, 9.17) is 5.11 Å². The van der Waals surface area contributed by atoms with E-state index in [2.05, 4.69) is 5.32 Å². The lowest BCUT2D eigenvalue weighted by atomic mass is 10.2. The van der Waals surface area contributed by atoms with Crippen molar-refractivity contribution in [2.45, 2.75) is 0 Å². The van der Waals surface area contributed by atoms with Crippen LogP contribution in [-0.2, 0) is 4.79 Å². The van der Waals surface area contributed by atoms with Gasteiger partial charge in [-0.1, -0.05) is 0 Å². The number of hydrogen-bond donors (Lipinski definition) is 3. The third-order valence-electron chi connectivity index (χ3n) is 2.71. The molecule has 0 unspecified atom stereocenters. The SMILES string of the molecule is CNCCN(C)C(=O)N(CC(=O)O)c1ccc(O)cc1. The minimum atomic E-state index is -1.10. The minimum absolute atomic E-state index is 0.0556. The van der Waals surface area contributed by atoms with Crippen LogP contribution in [0, 0.1) is 0 Å². The number of amides is 2. The van der Waals surface area contributed by atoms with E-state index in [0.29, 0.717) is 18.8 Å². The van der Waals surface area contributed by atoms with E-state index in [9.17, 15) is 14.7 Å². The van der Waals surface area contributed by atoms with Crippen molar-refractivity contribution in [3.8, 4) is 5.75 Å².